The van der Waals surface area contributed by atoms with Crippen LogP contribution in [0.15, 0.2) is 29.6 Å². The van der Waals surface area contributed by atoms with Crippen LogP contribution in [0.4, 0.5) is 0 Å². The molecule has 6 heteroatoms. The van der Waals surface area contributed by atoms with Gasteiger partial charge in [-0.25, -0.2) is 9.97 Å². The lowest BCUT2D eigenvalue weighted by atomic mass is 10.1. The lowest BCUT2D eigenvalue weighted by molar-refractivity contribution is 1.23. The van der Waals surface area contributed by atoms with Gasteiger partial charge >= 0.3 is 0 Å². The summed E-state index contributed by atoms with van der Waals surface area (Å²) in [5.41, 5.74) is 1.74. The fourth-order valence-corrected chi connectivity index (χ4v) is 4.68. The smallest absolute Gasteiger partial charge is 0.171 e. The quantitative estimate of drug-likeness (QED) is 0.382. The van der Waals surface area contributed by atoms with Crippen molar-refractivity contribution in [1.29, 1.82) is 0 Å². The predicted molar refractivity (Wildman–Crippen MR) is 93.0 cm³/mol. The SMILES string of the molecule is Cc1c(Cl)ccc2c(Cl)nc(-c3cc4sccc4s3)nc12. The van der Waals surface area contributed by atoms with Crippen molar-refractivity contribution in [2.75, 3.05) is 0 Å². The molecule has 104 valence electrons. The fourth-order valence-electron chi connectivity index (χ4n) is 2.26. The van der Waals surface area contributed by atoms with Crippen molar-refractivity contribution in [1.82, 2.24) is 9.97 Å². The highest BCUT2D eigenvalue weighted by Crippen LogP contribution is 2.37. The molecule has 0 aliphatic rings. The Morgan fingerprint density at radius 2 is 1.90 bits per heavy atom. The molecule has 0 fully saturated rings. The molecule has 0 saturated carbocycles. The Kier molecular flexibility index (Phi) is 3.15. The third kappa shape index (κ3) is 2.14. The van der Waals surface area contributed by atoms with Gasteiger partial charge in [0.1, 0.15) is 5.15 Å². The van der Waals surface area contributed by atoms with Gasteiger partial charge in [-0.05, 0) is 42.1 Å². The Hall–Kier alpha value is -1.20. The molecule has 0 N–H and O–H groups in total. The molecular weight excluding hydrogens is 343 g/mol. The highest BCUT2D eigenvalue weighted by Gasteiger charge is 2.13. The van der Waals surface area contributed by atoms with E-state index in [1.54, 1.807) is 22.7 Å². The molecule has 0 amide bonds. The minimum atomic E-state index is 0.464. The summed E-state index contributed by atoms with van der Waals surface area (Å²) in [7, 11) is 0. The van der Waals surface area contributed by atoms with Crippen LogP contribution in [0, 0.1) is 6.92 Å². The molecule has 0 bridgehead atoms. The van der Waals surface area contributed by atoms with Crippen molar-refractivity contribution in [3.05, 3.63) is 45.4 Å². The van der Waals surface area contributed by atoms with Crippen LogP contribution in [0.1, 0.15) is 5.56 Å². The zero-order chi connectivity index (χ0) is 14.6. The van der Waals surface area contributed by atoms with Crippen LogP contribution in [0.3, 0.4) is 0 Å². The molecule has 0 saturated heterocycles. The lowest BCUT2D eigenvalue weighted by Crippen LogP contribution is -1.92. The lowest BCUT2D eigenvalue weighted by Gasteiger charge is -2.06. The van der Waals surface area contributed by atoms with Crippen LogP contribution in [-0.4, -0.2) is 9.97 Å². The number of rotatable bonds is 1. The van der Waals surface area contributed by atoms with E-state index in [4.69, 9.17) is 23.2 Å². The van der Waals surface area contributed by atoms with Crippen molar-refractivity contribution in [2.45, 2.75) is 6.92 Å². The van der Waals surface area contributed by atoms with Gasteiger partial charge in [-0.15, -0.1) is 22.7 Å². The first-order chi connectivity index (χ1) is 10.1. The molecule has 0 atom stereocenters. The second kappa shape index (κ2) is 4.92. The highest BCUT2D eigenvalue weighted by atomic mass is 35.5. The average Bonchev–Trinajstić information content (AvgIpc) is 3.04. The fraction of sp³-hybridized carbons (Fsp3) is 0.0667. The van der Waals surface area contributed by atoms with E-state index in [9.17, 15) is 0 Å². The van der Waals surface area contributed by atoms with Crippen LogP contribution in [0.2, 0.25) is 10.2 Å². The molecule has 3 heterocycles. The molecular formula is C15H8Cl2N2S2. The summed E-state index contributed by atoms with van der Waals surface area (Å²) < 4.78 is 2.50. The molecule has 21 heavy (non-hydrogen) atoms. The van der Waals surface area contributed by atoms with Gasteiger partial charge in [0.2, 0.25) is 0 Å². The van der Waals surface area contributed by atoms with Gasteiger partial charge < -0.3 is 0 Å². The Morgan fingerprint density at radius 1 is 1.05 bits per heavy atom. The summed E-state index contributed by atoms with van der Waals surface area (Å²) in [6, 6.07) is 7.92. The summed E-state index contributed by atoms with van der Waals surface area (Å²) in [5, 5.41) is 4.07. The molecule has 0 unspecified atom stereocenters. The van der Waals surface area contributed by atoms with Gasteiger partial charge in [0.25, 0.3) is 0 Å². The summed E-state index contributed by atoms with van der Waals surface area (Å²) in [4.78, 5) is 10.1. The van der Waals surface area contributed by atoms with E-state index in [-0.39, 0.29) is 0 Å². The van der Waals surface area contributed by atoms with Crippen LogP contribution in [0.25, 0.3) is 31.0 Å². The maximum atomic E-state index is 6.32. The molecule has 0 spiro atoms. The first kappa shape index (κ1) is 13.5. The van der Waals surface area contributed by atoms with E-state index < -0.39 is 0 Å². The van der Waals surface area contributed by atoms with Gasteiger partial charge in [-0.1, -0.05) is 23.2 Å². The van der Waals surface area contributed by atoms with Gasteiger partial charge in [0.05, 0.1) is 10.4 Å². The normalized spacial score (nSPS) is 11.6. The van der Waals surface area contributed by atoms with Gasteiger partial charge in [-0.2, -0.15) is 0 Å². The zero-order valence-corrected chi connectivity index (χ0v) is 14.0. The Balaban J connectivity index is 2.01. The van der Waals surface area contributed by atoms with Crippen molar-refractivity contribution in [3.8, 4) is 10.7 Å². The molecule has 4 aromatic rings. The molecule has 1 aromatic carbocycles. The van der Waals surface area contributed by atoms with E-state index >= 15 is 0 Å². The molecule has 3 aromatic heterocycles. The van der Waals surface area contributed by atoms with Gasteiger partial charge in [-0.3, -0.25) is 0 Å². The van der Waals surface area contributed by atoms with Gasteiger partial charge in [0.15, 0.2) is 5.82 Å². The number of aryl methyl sites for hydroxylation is 1. The third-order valence-corrected chi connectivity index (χ3v) is 6.16. The number of nitrogens with zero attached hydrogens (tertiary/aromatic N) is 2. The van der Waals surface area contributed by atoms with E-state index in [1.165, 1.54) is 9.40 Å². The maximum absolute atomic E-state index is 6.32. The van der Waals surface area contributed by atoms with E-state index in [0.29, 0.717) is 16.0 Å². The largest absolute Gasteiger partial charge is 0.227 e. The number of aromatic nitrogens is 2. The standard InChI is InChI=1S/C15H8Cl2N2S2/c1-7-9(16)3-2-8-13(7)18-15(19-14(8)17)12-6-11-10(21-12)4-5-20-11/h2-6H,1H3. The topological polar surface area (TPSA) is 25.8 Å². The van der Waals surface area contributed by atoms with Crippen molar-refractivity contribution in [2.24, 2.45) is 0 Å². The maximum Gasteiger partial charge on any atom is 0.171 e. The number of hydrogen-bond donors (Lipinski definition) is 0. The molecule has 0 aliphatic heterocycles. The first-order valence-electron chi connectivity index (χ1n) is 6.23. The Labute approximate surface area is 139 Å². The van der Waals surface area contributed by atoms with Crippen LogP contribution < -0.4 is 0 Å². The van der Waals surface area contributed by atoms with E-state index in [2.05, 4.69) is 27.5 Å². The second-order valence-corrected chi connectivity index (χ2v) is 7.46. The Morgan fingerprint density at radius 3 is 2.71 bits per heavy atom. The van der Waals surface area contributed by atoms with Crippen LogP contribution in [0.5, 0.6) is 0 Å². The Bertz CT molecular complexity index is 960. The third-order valence-electron chi connectivity index (χ3n) is 3.37. The summed E-state index contributed by atoms with van der Waals surface area (Å²) in [6.07, 6.45) is 0. The van der Waals surface area contributed by atoms with Gasteiger partial charge in [0, 0.05) is 19.8 Å². The minimum absolute atomic E-state index is 0.464. The summed E-state index contributed by atoms with van der Waals surface area (Å²) in [6.45, 7) is 1.95. The number of hydrogen-bond acceptors (Lipinski definition) is 4. The molecule has 0 radical (unpaired) electrons. The number of fused-ring (bicyclic) bond motifs is 2. The molecule has 4 rings (SSSR count). The molecule has 0 aliphatic carbocycles. The van der Waals surface area contributed by atoms with Crippen molar-refractivity contribution in [3.63, 3.8) is 0 Å². The van der Waals surface area contributed by atoms with E-state index in [0.717, 1.165) is 21.3 Å². The number of benzene rings is 1. The highest BCUT2D eigenvalue weighted by molar-refractivity contribution is 7.28. The predicted octanol–water partition coefficient (Wildman–Crippen LogP) is 6.19. The average molecular weight is 351 g/mol. The van der Waals surface area contributed by atoms with Crippen molar-refractivity contribution < 1.29 is 0 Å². The number of thiophene rings is 2. The molecule has 2 nitrogen and oxygen atoms in total. The monoisotopic (exact) mass is 350 g/mol. The van der Waals surface area contributed by atoms with E-state index in [1.807, 2.05) is 19.1 Å². The second-order valence-electron chi connectivity index (χ2n) is 4.67. The minimum Gasteiger partial charge on any atom is -0.227 e. The van der Waals surface area contributed by atoms with Crippen LogP contribution >= 0.6 is 45.9 Å². The zero-order valence-electron chi connectivity index (χ0n) is 10.9. The summed E-state index contributed by atoms with van der Waals surface area (Å²) >= 11 is 15.9. The number of halogens is 2. The van der Waals surface area contributed by atoms with Crippen LogP contribution in [-0.2, 0) is 0 Å². The first-order valence-corrected chi connectivity index (χ1v) is 8.68. The van der Waals surface area contributed by atoms with Crippen molar-refractivity contribution >= 4 is 66.2 Å². The summed E-state index contributed by atoms with van der Waals surface area (Å²) in [5.74, 6) is 0.659.